The molecule has 0 amide bonds. The first-order chi connectivity index (χ1) is 39.0. The summed E-state index contributed by atoms with van der Waals surface area (Å²) in [6, 6.07) is 0. The molecule has 0 aromatic rings. The fourth-order valence-electron chi connectivity index (χ4n) is 8.83. The molecule has 6 heteroatoms. The summed E-state index contributed by atoms with van der Waals surface area (Å²) in [7, 11) is 0. The first kappa shape index (κ1) is 74.5. The quantitative estimate of drug-likeness (QED) is 0.0261. The first-order valence-electron chi connectivity index (χ1n) is 32.7. The van der Waals surface area contributed by atoms with Crippen molar-refractivity contribution in [3.05, 3.63) is 134 Å². The zero-order chi connectivity index (χ0) is 57.1. The molecule has 0 fully saturated rings. The van der Waals surface area contributed by atoms with Gasteiger partial charge in [-0.3, -0.25) is 14.4 Å². The van der Waals surface area contributed by atoms with Crippen LogP contribution in [-0.4, -0.2) is 37.2 Å². The molecule has 6 nitrogen and oxygen atoms in total. The molecule has 0 bridgehead atoms. The highest BCUT2D eigenvalue weighted by atomic mass is 16.6. The number of carbonyl (C=O) groups is 3. The van der Waals surface area contributed by atoms with E-state index in [1.54, 1.807) is 6.08 Å². The first-order valence-corrected chi connectivity index (χ1v) is 32.7. The van der Waals surface area contributed by atoms with Gasteiger partial charge >= 0.3 is 17.9 Å². The van der Waals surface area contributed by atoms with Gasteiger partial charge in [-0.1, -0.05) is 289 Å². The molecular formula is C73H120O6. The van der Waals surface area contributed by atoms with Gasteiger partial charge in [-0.2, -0.15) is 0 Å². The van der Waals surface area contributed by atoms with Crippen LogP contribution >= 0.6 is 0 Å². The van der Waals surface area contributed by atoms with Gasteiger partial charge in [-0.05, 0) is 116 Å². The fourth-order valence-corrected chi connectivity index (χ4v) is 8.83. The van der Waals surface area contributed by atoms with Gasteiger partial charge in [0.25, 0.3) is 0 Å². The minimum Gasteiger partial charge on any atom is -0.462 e. The Bertz CT molecular complexity index is 1680. The third-order valence-corrected chi connectivity index (χ3v) is 13.7. The summed E-state index contributed by atoms with van der Waals surface area (Å²) >= 11 is 0. The van der Waals surface area contributed by atoms with E-state index >= 15 is 0 Å². The van der Waals surface area contributed by atoms with Crippen molar-refractivity contribution in [3.63, 3.8) is 0 Å². The zero-order valence-corrected chi connectivity index (χ0v) is 51.3. The fraction of sp³-hybridized carbons (Fsp3) is 0.658. The highest BCUT2D eigenvalue weighted by Crippen LogP contribution is 2.16. The highest BCUT2D eigenvalue weighted by Gasteiger charge is 2.19. The van der Waals surface area contributed by atoms with Crippen molar-refractivity contribution in [1.29, 1.82) is 0 Å². The van der Waals surface area contributed by atoms with Crippen molar-refractivity contribution in [2.24, 2.45) is 0 Å². The molecule has 0 aliphatic heterocycles. The lowest BCUT2D eigenvalue weighted by molar-refractivity contribution is -0.166. The van der Waals surface area contributed by atoms with E-state index in [1.807, 2.05) is 6.08 Å². The lowest BCUT2D eigenvalue weighted by Crippen LogP contribution is -2.30. The average Bonchev–Trinajstić information content (AvgIpc) is 3.45. The number of hydrogen-bond acceptors (Lipinski definition) is 6. The van der Waals surface area contributed by atoms with Gasteiger partial charge < -0.3 is 14.2 Å². The second-order valence-corrected chi connectivity index (χ2v) is 21.3. The van der Waals surface area contributed by atoms with Crippen LogP contribution in [0.15, 0.2) is 134 Å². The van der Waals surface area contributed by atoms with Crippen LogP contribution < -0.4 is 0 Å². The Morgan fingerprint density at radius 3 is 0.835 bits per heavy atom. The third-order valence-electron chi connectivity index (χ3n) is 13.7. The lowest BCUT2D eigenvalue weighted by Gasteiger charge is -2.18. The number of rotatable bonds is 58. The molecule has 0 aliphatic carbocycles. The van der Waals surface area contributed by atoms with Crippen LogP contribution in [0.2, 0.25) is 0 Å². The van der Waals surface area contributed by atoms with Crippen LogP contribution in [-0.2, 0) is 28.6 Å². The van der Waals surface area contributed by atoms with E-state index in [4.69, 9.17) is 14.2 Å². The van der Waals surface area contributed by atoms with Crippen molar-refractivity contribution in [2.75, 3.05) is 13.2 Å². The molecule has 0 aliphatic rings. The zero-order valence-electron chi connectivity index (χ0n) is 51.3. The summed E-state index contributed by atoms with van der Waals surface area (Å²) in [4.78, 5) is 38.2. The SMILES string of the molecule is CC/C=C\C/C=C\C/C=C\C/C=C\C/C=C\CC(=O)OC(COC(=O)CCCCCCC/C=C\C/C=C\C/C=C\CC)COC(=O)CCCCCCCCCCCCCCCCCC/C=C\C/C=C\C/C=C\CCCCCCC. The van der Waals surface area contributed by atoms with Gasteiger partial charge in [0, 0.05) is 12.8 Å². The summed E-state index contributed by atoms with van der Waals surface area (Å²) in [5.41, 5.74) is 0. The predicted octanol–water partition coefficient (Wildman–Crippen LogP) is 22.5. The number of unbranched alkanes of at least 4 members (excludes halogenated alkanes) is 26. The standard InChI is InChI=1S/C73H120O6/c1-4-7-10-13-16-19-22-25-28-29-30-31-32-33-34-35-36-37-38-39-40-41-42-43-46-48-51-54-57-60-63-66-72(75)78-69-70(79-73(76)67-64-61-58-55-52-49-45-27-24-21-18-15-12-9-6-3)68-77-71(74)65-62-59-56-53-50-47-44-26-23-20-17-14-11-8-5-2/h8-9,11-12,17-18,20-22,25-27,29-30,32-33,44-45,52,55,61,64,70H,4-7,10,13-16,19,23-24,28,31,34-43,46-51,53-54,56-60,62-63,65-69H2,1-3H3/b11-8-,12-9-,20-17-,21-18-,25-22-,30-29-,33-32-,44-26-,45-27-,55-52-,64-61-. The molecule has 0 spiro atoms. The van der Waals surface area contributed by atoms with Crippen LogP contribution in [0.3, 0.4) is 0 Å². The van der Waals surface area contributed by atoms with Gasteiger partial charge in [0.15, 0.2) is 6.10 Å². The van der Waals surface area contributed by atoms with E-state index in [0.29, 0.717) is 19.3 Å². The predicted molar refractivity (Wildman–Crippen MR) is 343 cm³/mol. The topological polar surface area (TPSA) is 78.9 Å². The Morgan fingerprint density at radius 2 is 0.532 bits per heavy atom. The van der Waals surface area contributed by atoms with Crippen molar-refractivity contribution in [1.82, 2.24) is 0 Å². The van der Waals surface area contributed by atoms with E-state index in [2.05, 4.69) is 142 Å². The molecular weight excluding hydrogens is 973 g/mol. The van der Waals surface area contributed by atoms with Crippen LogP contribution in [0.1, 0.15) is 290 Å². The number of hydrogen-bond donors (Lipinski definition) is 0. The van der Waals surface area contributed by atoms with Crippen molar-refractivity contribution in [3.8, 4) is 0 Å². The van der Waals surface area contributed by atoms with E-state index in [9.17, 15) is 14.4 Å². The van der Waals surface area contributed by atoms with Crippen molar-refractivity contribution >= 4 is 17.9 Å². The molecule has 1 unspecified atom stereocenters. The van der Waals surface area contributed by atoms with Gasteiger partial charge in [-0.25, -0.2) is 0 Å². The normalized spacial score (nSPS) is 13.0. The molecule has 0 N–H and O–H groups in total. The van der Waals surface area contributed by atoms with Gasteiger partial charge in [0.2, 0.25) is 0 Å². The lowest BCUT2D eigenvalue weighted by atomic mass is 10.0. The Morgan fingerprint density at radius 1 is 0.278 bits per heavy atom. The maximum atomic E-state index is 12.8. The molecule has 1 atom stereocenters. The van der Waals surface area contributed by atoms with Gasteiger partial charge in [-0.15, -0.1) is 0 Å². The Kier molecular flexibility index (Phi) is 62.3. The Hall–Kier alpha value is -4.45. The van der Waals surface area contributed by atoms with Crippen molar-refractivity contribution < 1.29 is 28.6 Å². The maximum Gasteiger partial charge on any atom is 0.310 e. The van der Waals surface area contributed by atoms with Gasteiger partial charge in [0.1, 0.15) is 13.2 Å². The average molecular weight is 1090 g/mol. The Balaban J connectivity index is 4.30. The second-order valence-electron chi connectivity index (χ2n) is 21.3. The number of esters is 3. The van der Waals surface area contributed by atoms with Crippen LogP contribution in [0.5, 0.6) is 0 Å². The molecule has 0 aromatic carbocycles. The van der Waals surface area contributed by atoms with E-state index in [1.165, 1.54) is 128 Å². The molecule has 0 radical (unpaired) electrons. The van der Waals surface area contributed by atoms with Gasteiger partial charge in [0.05, 0.1) is 6.42 Å². The van der Waals surface area contributed by atoms with Crippen LogP contribution in [0.25, 0.3) is 0 Å². The largest absolute Gasteiger partial charge is 0.462 e. The smallest absolute Gasteiger partial charge is 0.310 e. The van der Waals surface area contributed by atoms with E-state index in [-0.39, 0.29) is 31.6 Å². The maximum absolute atomic E-state index is 12.8. The molecule has 0 rings (SSSR count). The number of ether oxygens (including phenoxy) is 3. The van der Waals surface area contributed by atoms with Crippen LogP contribution in [0.4, 0.5) is 0 Å². The molecule has 0 saturated heterocycles. The highest BCUT2D eigenvalue weighted by molar-refractivity contribution is 5.72. The summed E-state index contributed by atoms with van der Waals surface area (Å²) in [5.74, 6) is -1.07. The van der Waals surface area contributed by atoms with E-state index < -0.39 is 12.1 Å². The summed E-state index contributed by atoms with van der Waals surface area (Å²) in [6.45, 7) is 6.31. The minimum atomic E-state index is -0.844. The van der Waals surface area contributed by atoms with Crippen LogP contribution in [0, 0.1) is 0 Å². The van der Waals surface area contributed by atoms with Crippen molar-refractivity contribution in [2.45, 2.75) is 297 Å². The second kappa shape index (κ2) is 66.1. The molecule has 0 saturated carbocycles. The molecule has 448 valence electrons. The molecule has 0 heterocycles. The summed E-state index contributed by atoms with van der Waals surface area (Å²) in [6.07, 6.45) is 93.6. The Labute approximate surface area is 487 Å². The summed E-state index contributed by atoms with van der Waals surface area (Å²) < 4.78 is 16.8. The monoisotopic (exact) mass is 1090 g/mol. The summed E-state index contributed by atoms with van der Waals surface area (Å²) in [5, 5.41) is 0. The molecule has 79 heavy (non-hydrogen) atoms. The third kappa shape index (κ3) is 64.3. The number of allylic oxidation sites excluding steroid dienone is 21. The minimum absolute atomic E-state index is 0.0891. The number of carbonyl (C=O) groups excluding carboxylic acids is 3. The van der Waals surface area contributed by atoms with E-state index in [0.717, 1.165) is 116 Å². The molecule has 0 aromatic heterocycles.